The molecule has 1 fully saturated rings. The Kier molecular flexibility index (Phi) is 4.10. The zero-order chi connectivity index (χ0) is 16.5. The van der Waals surface area contributed by atoms with Gasteiger partial charge in [0.1, 0.15) is 5.76 Å². The maximum atomic E-state index is 12.3. The number of hydrogen-bond acceptors (Lipinski definition) is 4. The number of amides is 1. The normalized spacial score (nSPS) is 21.6. The number of likely N-dealkylation sites (tertiary alicyclic amines) is 1. The number of aryl methyl sites for hydroxylation is 1. The Bertz CT molecular complexity index is 715. The van der Waals surface area contributed by atoms with E-state index in [-0.39, 0.29) is 11.9 Å². The lowest BCUT2D eigenvalue weighted by atomic mass is 10.0. The number of benzene rings is 1. The molecule has 1 saturated heterocycles. The minimum atomic E-state index is -0.122. The van der Waals surface area contributed by atoms with Crippen molar-refractivity contribution in [3.63, 3.8) is 0 Å². The molecule has 24 heavy (non-hydrogen) atoms. The second-order valence-corrected chi connectivity index (χ2v) is 6.90. The largest absolute Gasteiger partial charge is 0.448 e. The molecule has 1 atom stereocenters. The summed E-state index contributed by atoms with van der Waals surface area (Å²) in [6.45, 7) is 3.81. The third kappa shape index (κ3) is 2.96. The zero-order valence-corrected chi connectivity index (χ0v) is 14.0. The predicted octanol–water partition coefficient (Wildman–Crippen LogP) is 2.34. The maximum Gasteiger partial charge on any atom is 0.273 e. The van der Waals surface area contributed by atoms with Gasteiger partial charge in [-0.15, -0.1) is 0 Å². The smallest absolute Gasteiger partial charge is 0.273 e. The minimum absolute atomic E-state index is 0.122. The number of hydrogen-bond donors (Lipinski definition) is 1. The van der Waals surface area contributed by atoms with Crippen LogP contribution in [0, 0.1) is 6.92 Å². The van der Waals surface area contributed by atoms with E-state index in [0.717, 1.165) is 38.8 Å². The van der Waals surface area contributed by atoms with Gasteiger partial charge in [-0.05, 0) is 50.3 Å². The van der Waals surface area contributed by atoms with Gasteiger partial charge in [-0.1, -0.05) is 24.3 Å². The average molecular weight is 325 g/mol. The Morgan fingerprint density at radius 3 is 2.71 bits per heavy atom. The van der Waals surface area contributed by atoms with Crippen LogP contribution in [0.4, 0.5) is 0 Å². The van der Waals surface area contributed by atoms with E-state index >= 15 is 0 Å². The van der Waals surface area contributed by atoms with Crippen molar-refractivity contribution in [3.8, 4) is 0 Å². The Labute approximate surface area is 142 Å². The Balaban J connectivity index is 1.38. The lowest BCUT2D eigenvalue weighted by Gasteiger charge is -2.37. The van der Waals surface area contributed by atoms with Crippen LogP contribution in [-0.4, -0.2) is 41.0 Å². The second kappa shape index (κ2) is 6.40. The summed E-state index contributed by atoms with van der Waals surface area (Å²) >= 11 is 0. The second-order valence-electron chi connectivity index (χ2n) is 6.90. The van der Waals surface area contributed by atoms with Gasteiger partial charge in [0.15, 0.2) is 12.1 Å². The topological polar surface area (TPSA) is 58.4 Å². The molecule has 5 heteroatoms. The van der Waals surface area contributed by atoms with Crippen molar-refractivity contribution < 1.29 is 9.21 Å². The van der Waals surface area contributed by atoms with Crippen LogP contribution in [0.1, 0.15) is 40.2 Å². The summed E-state index contributed by atoms with van der Waals surface area (Å²) in [5.74, 6) is 0.453. The first-order valence-corrected chi connectivity index (χ1v) is 8.72. The van der Waals surface area contributed by atoms with E-state index in [4.69, 9.17) is 4.42 Å². The number of carbonyl (C=O) groups excluding carboxylic acids is 1. The lowest BCUT2D eigenvalue weighted by Crippen LogP contribution is -2.51. The molecule has 1 aromatic carbocycles. The van der Waals surface area contributed by atoms with E-state index in [9.17, 15) is 4.79 Å². The number of carbonyl (C=O) groups is 1. The summed E-state index contributed by atoms with van der Waals surface area (Å²) in [6.07, 6.45) is 5.72. The Morgan fingerprint density at radius 1 is 1.29 bits per heavy atom. The molecular weight excluding hydrogens is 302 g/mol. The molecule has 4 rings (SSSR count). The highest BCUT2D eigenvalue weighted by Gasteiger charge is 2.31. The van der Waals surface area contributed by atoms with Crippen LogP contribution in [-0.2, 0) is 12.8 Å². The van der Waals surface area contributed by atoms with Crippen molar-refractivity contribution in [1.82, 2.24) is 15.2 Å². The van der Waals surface area contributed by atoms with E-state index in [1.165, 1.54) is 17.5 Å². The first-order chi connectivity index (χ1) is 11.7. The standard InChI is InChI=1S/C19H23N3O2/c1-13-18(20-12-24-13)19(23)21-16-7-4-8-22(11-16)17-9-14-5-2-3-6-15(14)10-17/h2-3,5-6,12,16-17H,4,7-11H2,1H3,(H,21,23)/t16-/m1/s1. The van der Waals surface area contributed by atoms with Crippen LogP contribution in [0.3, 0.4) is 0 Å². The van der Waals surface area contributed by atoms with E-state index in [0.29, 0.717) is 17.5 Å². The summed E-state index contributed by atoms with van der Waals surface area (Å²) in [6, 6.07) is 9.49. The number of nitrogens with zero attached hydrogens (tertiary/aromatic N) is 2. The van der Waals surface area contributed by atoms with Crippen molar-refractivity contribution in [3.05, 3.63) is 53.2 Å². The average Bonchev–Trinajstić information content (AvgIpc) is 3.21. The molecule has 1 aliphatic heterocycles. The van der Waals surface area contributed by atoms with Gasteiger partial charge in [-0.25, -0.2) is 4.98 Å². The number of nitrogens with one attached hydrogen (secondary N) is 1. The molecule has 2 aliphatic rings. The third-order valence-electron chi connectivity index (χ3n) is 5.29. The van der Waals surface area contributed by atoms with Crippen LogP contribution in [0.15, 0.2) is 35.1 Å². The van der Waals surface area contributed by atoms with Crippen molar-refractivity contribution >= 4 is 5.91 Å². The molecule has 1 aliphatic carbocycles. The van der Waals surface area contributed by atoms with Gasteiger partial charge in [0.05, 0.1) is 0 Å². The quantitative estimate of drug-likeness (QED) is 0.941. The summed E-state index contributed by atoms with van der Waals surface area (Å²) in [5, 5.41) is 3.13. The summed E-state index contributed by atoms with van der Waals surface area (Å²) in [7, 11) is 0. The molecule has 5 nitrogen and oxygen atoms in total. The Morgan fingerprint density at radius 2 is 2.04 bits per heavy atom. The highest BCUT2D eigenvalue weighted by Crippen LogP contribution is 2.27. The van der Waals surface area contributed by atoms with Crippen LogP contribution >= 0.6 is 0 Å². The summed E-state index contributed by atoms with van der Waals surface area (Å²) < 4.78 is 5.13. The predicted molar refractivity (Wildman–Crippen MR) is 90.9 cm³/mol. The van der Waals surface area contributed by atoms with Crippen LogP contribution in [0.25, 0.3) is 0 Å². The van der Waals surface area contributed by atoms with Crippen LogP contribution in [0.5, 0.6) is 0 Å². The summed E-state index contributed by atoms with van der Waals surface area (Å²) in [5.41, 5.74) is 3.36. The number of piperidine rings is 1. The molecule has 1 N–H and O–H groups in total. The van der Waals surface area contributed by atoms with Crippen LogP contribution < -0.4 is 5.32 Å². The van der Waals surface area contributed by atoms with Gasteiger partial charge in [0.2, 0.25) is 0 Å². The van der Waals surface area contributed by atoms with E-state index in [2.05, 4.69) is 39.5 Å². The third-order valence-corrected chi connectivity index (χ3v) is 5.29. The lowest BCUT2D eigenvalue weighted by molar-refractivity contribution is 0.0870. The Hall–Kier alpha value is -2.14. The van der Waals surface area contributed by atoms with Crippen molar-refractivity contribution in [2.24, 2.45) is 0 Å². The van der Waals surface area contributed by atoms with E-state index < -0.39 is 0 Å². The fourth-order valence-electron chi connectivity index (χ4n) is 4.03. The van der Waals surface area contributed by atoms with Gasteiger partial charge in [0.25, 0.3) is 5.91 Å². The monoisotopic (exact) mass is 325 g/mol. The number of aromatic nitrogens is 1. The molecule has 0 bridgehead atoms. The maximum absolute atomic E-state index is 12.3. The first kappa shape index (κ1) is 15.4. The number of oxazole rings is 1. The molecule has 0 spiro atoms. The highest BCUT2D eigenvalue weighted by atomic mass is 16.3. The molecule has 2 aromatic rings. The van der Waals surface area contributed by atoms with Crippen LogP contribution in [0.2, 0.25) is 0 Å². The van der Waals surface area contributed by atoms with Gasteiger partial charge in [-0.2, -0.15) is 0 Å². The fraction of sp³-hybridized carbons (Fsp3) is 0.474. The zero-order valence-electron chi connectivity index (χ0n) is 14.0. The van der Waals surface area contributed by atoms with Crippen molar-refractivity contribution in [2.45, 2.75) is 44.7 Å². The molecular formula is C19H23N3O2. The van der Waals surface area contributed by atoms with Crippen molar-refractivity contribution in [1.29, 1.82) is 0 Å². The molecule has 1 amide bonds. The van der Waals surface area contributed by atoms with E-state index in [1.807, 2.05) is 0 Å². The van der Waals surface area contributed by atoms with Gasteiger partial charge >= 0.3 is 0 Å². The molecule has 126 valence electrons. The van der Waals surface area contributed by atoms with Crippen molar-refractivity contribution in [2.75, 3.05) is 13.1 Å². The molecule has 0 saturated carbocycles. The molecule has 1 aromatic heterocycles. The highest BCUT2D eigenvalue weighted by molar-refractivity contribution is 5.93. The molecule has 0 radical (unpaired) electrons. The number of fused-ring (bicyclic) bond motifs is 1. The van der Waals surface area contributed by atoms with E-state index in [1.54, 1.807) is 6.92 Å². The first-order valence-electron chi connectivity index (χ1n) is 8.72. The minimum Gasteiger partial charge on any atom is -0.448 e. The molecule has 0 unspecified atom stereocenters. The van der Waals surface area contributed by atoms with Gasteiger partial charge in [0, 0.05) is 18.6 Å². The number of rotatable bonds is 3. The van der Waals surface area contributed by atoms with Gasteiger partial charge < -0.3 is 9.73 Å². The molecule has 2 heterocycles. The van der Waals surface area contributed by atoms with Gasteiger partial charge in [-0.3, -0.25) is 9.69 Å². The fourth-order valence-corrected chi connectivity index (χ4v) is 4.03. The SMILES string of the molecule is Cc1ocnc1C(=O)N[C@@H]1CCCN(C2Cc3ccccc3C2)C1. The summed E-state index contributed by atoms with van der Waals surface area (Å²) in [4.78, 5) is 18.9.